The fourth-order valence-electron chi connectivity index (χ4n) is 1.95. The van der Waals surface area contributed by atoms with Crippen LogP contribution in [0.25, 0.3) is 0 Å². The SMILES string of the molecule is COc1ccc(CNC(=O)CNC(=O)c2cccc(C)c2)cn1. The maximum atomic E-state index is 11.9. The molecule has 6 heteroatoms. The molecule has 2 N–H and O–H groups in total. The van der Waals surface area contributed by atoms with E-state index in [0.29, 0.717) is 18.0 Å². The first-order chi connectivity index (χ1) is 11.1. The summed E-state index contributed by atoms with van der Waals surface area (Å²) >= 11 is 0. The van der Waals surface area contributed by atoms with E-state index in [1.807, 2.05) is 19.1 Å². The number of aryl methyl sites for hydroxylation is 1. The number of hydrogen-bond acceptors (Lipinski definition) is 4. The number of amides is 2. The summed E-state index contributed by atoms with van der Waals surface area (Å²) in [4.78, 5) is 27.8. The molecular weight excluding hydrogens is 294 g/mol. The quantitative estimate of drug-likeness (QED) is 0.846. The molecule has 1 aromatic carbocycles. The van der Waals surface area contributed by atoms with Crippen molar-refractivity contribution in [1.29, 1.82) is 0 Å². The summed E-state index contributed by atoms with van der Waals surface area (Å²) < 4.78 is 4.96. The highest BCUT2D eigenvalue weighted by Crippen LogP contribution is 2.06. The molecule has 0 aliphatic carbocycles. The van der Waals surface area contributed by atoms with Gasteiger partial charge < -0.3 is 15.4 Å². The summed E-state index contributed by atoms with van der Waals surface area (Å²) in [6, 6.07) is 10.7. The molecule has 0 aliphatic rings. The van der Waals surface area contributed by atoms with Crippen LogP contribution in [-0.4, -0.2) is 30.5 Å². The third-order valence-corrected chi connectivity index (χ3v) is 3.19. The van der Waals surface area contributed by atoms with Gasteiger partial charge in [0.25, 0.3) is 5.91 Å². The minimum absolute atomic E-state index is 0.0731. The summed E-state index contributed by atoms with van der Waals surface area (Å²) in [5.41, 5.74) is 2.38. The van der Waals surface area contributed by atoms with Crippen LogP contribution in [0.3, 0.4) is 0 Å². The average molecular weight is 313 g/mol. The van der Waals surface area contributed by atoms with Crippen LogP contribution in [0.15, 0.2) is 42.6 Å². The minimum atomic E-state index is -0.269. The molecule has 0 fully saturated rings. The summed E-state index contributed by atoms with van der Waals surface area (Å²) in [5.74, 6) is -0.0118. The lowest BCUT2D eigenvalue weighted by Gasteiger charge is -2.08. The Balaban J connectivity index is 1.77. The predicted octanol–water partition coefficient (Wildman–Crippen LogP) is 1.44. The monoisotopic (exact) mass is 313 g/mol. The second-order valence-electron chi connectivity index (χ2n) is 5.04. The Morgan fingerprint density at radius 3 is 2.65 bits per heavy atom. The van der Waals surface area contributed by atoms with E-state index >= 15 is 0 Å². The molecule has 120 valence electrons. The van der Waals surface area contributed by atoms with E-state index in [9.17, 15) is 9.59 Å². The fraction of sp³-hybridized carbons (Fsp3) is 0.235. The van der Waals surface area contributed by atoms with Crippen molar-refractivity contribution >= 4 is 11.8 Å². The van der Waals surface area contributed by atoms with E-state index in [4.69, 9.17) is 4.74 Å². The van der Waals surface area contributed by atoms with Crippen LogP contribution in [0.5, 0.6) is 5.88 Å². The molecule has 2 aromatic rings. The van der Waals surface area contributed by atoms with Crippen LogP contribution in [0.2, 0.25) is 0 Å². The minimum Gasteiger partial charge on any atom is -0.481 e. The molecule has 0 atom stereocenters. The first kappa shape index (κ1) is 16.5. The zero-order chi connectivity index (χ0) is 16.7. The molecule has 0 unspecified atom stereocenters. The van der Waals surface area contributed by atoms with E-state index in [1.165, 1.54) is 0 Å². The van der Waals surface area contributed by atoms with Crippen molar-refractivity contribution in [2.45, 2.75) is 13.5 Å². The van der Waals surface area contributed by atoms with Crippen LogP contribution in [-0.2, 0) is 11.3 Å². The summed E-state index contributed by atoms with van der Waals surface area (Å²) in [5, 5.41) is 5.31. The molecule has 2 amide bonds. The molecule has 23 heavy (non-hydrogen) atoms. The van der Waals surface area contributed by atoms with Crippen molar-refractivity contribution in [2.24, 2.45) is 0 Å². The number of nitrogens with zero attached hydrogens (tertiary/aromatic N) is 1. The van der Waals surface area contributed by atoms with Crippen molar-refractivity contribution in [3.63, 3.8) is 0 Å². The average Bonchev–Trinajstić information content (AvgIpc) is 2.58. The van der Waals surface area contributed by atoms with Gasteiger partial charge in [-0.3, -0.25) is 9.59 Å². The van der Waals surface area contributed by atoms with Crippen molar-refractivity contribution in [3.8, 4) is 5.88 Å². The van der Waals surface area contributed by atoms with Gasteiger partial charge in [0, 0.05) is 24.4 Å². The van der Waals surface area contributed by atoms with Crippen molar-refractivity contribution in [3.05, 3.63) is 59.3 Å². The van der Waals surface area contributed by atoms with Crippen molar-refractivity contribution in [2.75, 3.05) is 13.7 Å². The Bertz CT molecular complexity index is 684. The molecule has 1 aromatic heterocycles. The molecule has 0 saturated carbocycles. The van der Waals surface area contributed by atoms with Gasteiger partial charge in [-0.05, 0) is 24.6 Å². The van der Waals surface area contributed by atoms with Gasteiger partial charge in [0.1, 0.15) is 0 Å². The predicted molar refractivity (Wildman–Crippen MR) is 86.1 cm³/mol. The van der Waals surface area contributed by atoms with Crippen LogP contribution in [0.4, 0.5) is 0 Å². The number of methoxy groups -OCH3 is 1. The highest BCUT2D eigenvalue weighted by molar-refractivity contribution is 5.96. The topological polar surface area (TPSA) is 80.3 Å². The number of carbonyl (C=O) groups is 2. The molecule has 2 rings (SSSR count). The molecular formula is C17H19N3O3. The molecule has 0 saturated heterocycles. The highest BCUT2D eigenvalue weighted by atomic mass is 16.5. The molecule has 0 spiro atoms. The Morgan fingerprint density at radius 1 is 1.17 bits per heavy atom. The second kappa shape index (κ2) is 7.93. The summed E-state index contributed by atoms with van der Waals surface area (Å²) in [6.07, 6.45) is 1.63. The van der Waals surface area contributed by atoms with Gasteiger partial charge >= 0.3 is 0 Å². The standard InChI is InChI=1S/C17H19N3O3/c1-12-4-3-5-14(8-12)17(22)20-11-15(21)18-9-13-6-7-16(23-2)19-10-13/h3-8,10H,9,11H2,1-2H3,(H,18,21)(H,20,22). The maximum Gasteiger partial charge on any atom is 0.251 e. The Kier molecular flexibility index (Phi) is 5.68. The summed E-state index contributed by atoms with van der Waals surface area (Å²) in [6.45, 7) is 2.18. The number of benzene rings is 1. The van der Waals surface area contributed by atoms with E-state index in [2.05, 4.69) is 15.6 Å². The highest BCUT2D eigenvalue weighted by Gasteiger charge is 2.08. The Hall–Kier alpha value is -2.89. The Morgan fingerprint density at radius 2 is 2.00 bits per heavy atom. The molecule has 1 heterocycles. The summed E-state index contributed by atoms with van der Waals surface area (Å²) in [7, 11) is 1.54. The van der Waals surface area contributed by atoms with Crippen LogP contribution in [0.1, 0.15) is 21.5 Å². The molecule has 6 nitrogen and oxygen atoms in total. The van der Waals surface area contributed by atoms with Gasteiger partial charge in [-0.2, -0.15) is 0 Å². The van der Waals surface area contributed by atoms with Gasteiger partial charge in [-0.1, -0.05) is 23.8 Å². The third kappa shape index (κ3) is 5.10. The van der Waals surface area contributed by atoms with Crippen LogP contribution in [0, 0.1) is 6.92 Å². The van der Waals surface area contributed by atoms with Gasteiger partial charge in [-0.15, -0.1) is 0 Å². The van der Waals surface area contributed by atoms with E-state index in [0.717, 1.165) is 11.1 Å². The lowest BCUT2D eigenvalue weighted by molar-refractivity contribution is -0.120. The maximum absolute atomic E-state index is 11.9. The normalized spacial score (nSPS) is 10.0. The zero-order valence-electron chi connectivity index (χ0n) is 13.1. The Labute approximate surface area is 134 Å². The van der Waals surface area contributed by atoms with Crippen LogP contribution >= 0.6 is 0 Å². The second-order valence-corrected chi connectivity index (χ2v) is 5.04. The third-order valence-electron chi connectivity index (χ3n) is 3.19. The molecule has 0 bridgehead atoms. The number of hydrogen-bond donors (Lipinski definition) is 2. The molecule has 0 aliphatic heterocycles. The fourth-order valence-corrected chi connectivity index (χ4v) is 1.95. The lowest BCUT2D eigenvalue weighted by Crippen LogP contribution is -2.36. The first-order valence-corrected chi connectivity index (χ1v) is 7.19. The smallest absolute Gasteiger partial charge is 0.251 e. The largest absolute Gasteiger partial charge is 0.481 e. The van der Waals surface area contributed by atoms with Crippen LogP contribution < -0.4 is 15.4 Å². The van der Waals surface area contributed by atoms with Crippen molar-refractivity contribution < 1.29 is 14.3 Å². The number of nitrogens with one attached hydrogen (secondary N) is 2. The van der Waals surface area contributed by atoms with Gasteiger partial charge in [0.05, 0.1) is 13.7 Å². The number of carbonyl (C=O) groups excluding carboxylic acids is 2. The van der Waals surface area contributed by atoms with Gasteiger partial charge in [-0.25, -0.2) is 4.98 Å². The van der Waals surface area contributed by atoms with Crippen molar-refractivity contribution in [1.82, 2.24) is 15.6 Å². The van der Waals surface area contributed by atoms with Gasteiger partial charge in [0.2, 0.25) is 11.8 Å². The number of aromatic nitrogens is 1. The zero-order valence-corrected chi connectivity index (χ0v) is 13.1. The molecule has 0 radical (unpaired) electrons. The van der Waals surface area contributed by atoms with Gasteiger partial charge in [0.15, 0.2) is 0 Å². The first-order valence-electron chi connectivity index (χ1n) is 7.19. The number of ether oxygens (including phenoxy) is 1. The number of rotatable bonds is 6. The van der Waals surface area contributed by atoms with E-state index < -0.39 is 0 Å². The van der Waals surface area contributed by atoms with E-state index in [1.54, 1.807) is 37.6 Å². The number of pyridine rings is 1. The lowest BCUT2D eigenvalue weighted by atomic mass is 10.1. The van der Waals surface area contributed by atoms with E-state index in [-0.39, 0.29) is 18.4 Å².